The summed E-state index contributed by atoms with van der Waals surface area (Å²) >= 11 is 1.49. The number of carbonyl (C=O) groups is 1. The molecule has 5 N–H and O–H groups in total. The molecule has 0 saturated heterocycles. The minimum Gasteiger partial charge on any atom is -0.421 e. The average molecular weight is 646 g/mol. The van der Waals surface area contributed by atoms with Crippen LogP contribution in [0.25, 0.3) is 42.8 Å². The lowest BCUT2D eigenvalue weighted by atomic mass is 9.95. The van der Waals surface area contributed by atoms with Gasteiger partial charge in [0.1, 0.15) is 12.4 Å². The molecule has 234 valence electrons. The molecule has 13 heteroatoms. The smallest absolute Gasteiger partial charge is 0.322 e. The van der Waals surface area contributed by atoms with E-state index in [4.69, 9.17) is 21.5 Å². The van der Waals surface area contributed by atoms with E-state index in [9.17, 15) is 4.79 Å². The molecule has 0 bridgehead atoms. The fourth-order valence-corrected chi connectivity index (χ4v) is 6.61. The van der Waals surface area contributed by atoms with E-state index in [1.165, 1.54) is 23.5 Å². The number of anilines is 1. The highest BCUT2D eigenvalue weighted by Crippen LogP contribution is 2.50. The van der Waals surface area contributed by atoms with Gasteiger partial charge in [-0.15, -0.1) is 11.3 Å². The lowest BCUT2D eigenvalue weighted by molar-refractivity contribution is -0.117. The third-order valence-electron chi connectivity index (χ3n) is 7.39. The lowest BCUT2D eigenvalue weighted by Crippen LogP contribution is -2.27. The second-order valence-electron chi connectivity index (χ2n) is 10.7. The first-order valence-corrected chi connectivity index (χ1v) is 15.1. The first-order valence-electron chi connectivity index (χ1n) is 14.3. The number of ether oxygens (including phenoxy) is 1. The number of carbonyl (C=O) groups excluding carboxylic acids is 1. The molecule has 0 radical (unpaired) electrons. The van der Waals surface area contributed by atoms with Crippen LogP contribution >= 0.6 is 11.3 Å². The van der Waals surface area contributed by atoms with E-state index in [-0.39, 0.29) is 36.4 Å². The van der Waals surface area contributed by atoms with Gasteiger partial charge in [-0.3, -0.25) is 9.48 Å². The molecule has 11 nitrogen and oxygen atoms in total. The minimum atomic E-state index is -0.609. The summed E-state index contributed by atoms with van der Waals surface area (Å²) in [5.74, 6) is -0.795. The maximum atomic E-state index is 15.7. The van der Waals surface area contributed by atoms with Crippen LogP contribution in [0.1, 0.15) is 16.8 Å². The highest BCUT2D eigenvalue weighted by atomic mass is 32.1. The number of thiophene rings is 1. The molecule has 0 saturated carbocycles. The molecule has 0 unspecified atom stereocenters. The fourth-order valence-electron chi connectivity index (χ4n) is 5.15. The number of nitriles is 1. The van der Waals surface area contributed by atoms with Gasteiger partial charge in [-0.1, -0.05) is 30.8 Å². The highest BCUT2D eigenvalue weighted by molar-refractivity contribution is 7.23. The Morgan fingerprint density at radius 1 is 1.13 bits per heavy atom. The number of aryl methyl sites for hydroxylation is 2. The summed E-state index contributed by atoms with van der Waals surface area (Å²) in [6.07, 6.45) is 6.67. The van der Waals surface area contributed by atoms with Crippen molar-refractivity contribution in [3.63, 3.8) is 0 Å². The van der Waals surface area contributed by atoms with Gasteiger partial charge in [0.15, 0.2) is 11.6 Å². The monoisotopic (exact) mass is 645 g/mol. The first-order chi connectivity index (χ1) is 22.6. The topological polar surface area (TPSA) is 171 Å². The van der Waals surface area contributed by atoms with Crippen molar-refractivity contribution in [2.24, 2.45) is 5.73 Å². The number of rotatable bonds is 9. The van der Waals surface area contributed by atoms with Crippen LogP contribution in [-0.2, 0) is 17.9 Å². The molecular formula is C34H28FN9O2S. The predicted octanol–water partition coefficient (Wildman–Crippen LogP) is 6.03. The normalized spacial score (nSPS) is 10.9. The Morgan fingerprint density at radius 2 is 1.96 bits per heavy atom. The third-order valence-corrected chi connectivity index (χ3v) is 8.65. The lowest BCUT2D eigenvalue weighted by Gasteiger charge is -2.12. The van der Waals surface area contributed by atoms with E-state index >= 15 is 4.39 Å². The second kappa shape index (κ2) is 12.7. The van der Waals surface area contributed by atoms with Gasteiger partial charge in [-0.2, -0.15) is 10.4 Å². The SMILES string of the molecule is C=C(N)C(=O)NCc1ccc(-c2sc3c(-c4cnn(CC#N)c4)cnc(N)c3c2-c2ccc(Oc3nccc(C)n3)c(F)c2)c(C)c1. The van der Waals surface area contributed by atoms with Crippen molar-refractivity contribution in [2.75, 3.05) is 5.73 Å². The number of amides is 1. The summed E-state index contributed by atoms with van der Waals surface area (Å²) in [5, 5.41) is 16.9. The summed E-state index contributed by atoms with van der Waals surface area (Å²) in [6, 6.07) is 14.4. The van der Waals surface area contributed by atoms with Gasteiger partial charge in [0.05, 0.1) is 18.0 Å². The van der Waals surface area contributed by atoms with Crippen molar-refractivity contribution < 1.29 is 13.9 Å². The van der Waals surface area contributed by atoms with E-state index in [1.807, 2.05) is 25.1 Å². The van der Waals surface area contributed by atoms with Crippen LogP contribution in [0.15, 0.2) is 79.5 Å². The van der Waals surface area contributed by atoms with Crippen LogP contribution < -0.4 is 21.5 Å². The van der Waals surface area contributed by atoms with Crippen LogP contribution in [0.5, 0.6) is 11.8 Å². The number of pyridine rings is 1. The molecule has 0 aliphatic rings. The molecule has 6 rings (SSSR count). The molecule has 1 amide bonds. The zero-order chi connectivity index (χ0) is 33.2. The first kappa shape index (κ1) is 30.9. The van der Waals surface area contributed by atoms with Crippen molar-refractivity contribution in [3.05, 3.63) is 102 Å². The van der Waals surface area contributed by atoms with Gasteiger partial charge in [-0.05, 0) is 54.3 Å². The van der Waals surface area contributed by atoms with Crippen molar-refractivity contribution in [2.45, 2.75) is 26.9 Å². The quantitative estimate of drug-likeness (QED) is 0.159. The Bertz CT molecular complexity index is 2240. The van der Waals surface area contributed by atoms with E-state index in [0.29, 0.717) is 22.2 Å². The van der Waals surface area contributed by atoms with E-state index in [0.717, 1.165) is 37.4 Å². The predicted molar refractivity (Wildman–Crippen MR) is 178 cm³/mol. The molecule has 47 heavy (non-hydrogen) atoms. The van der Waals surface area contributed by atoms with Crippen molar-refractivity contribution in [1.82, 2.24) is 30.0 Å². The number of hydrogen-bond donors (Lipinski definition) is 3. The van der Waals surface area contributed by atoms with Crippen LogP contribution in [-0.4, -0.2) is 30.6 Å². The highest BCUT2D eigenvalue weighted by Gasteiger charge is 2.24. The summed E-state index contributed by atoms with van der Waals surface area (Å²) in [5.41, 5.74) is 18.1. The van der Waals surface area contributed by atoms with Gasteiger partial charge in [0.2, 0.25) is 0 Å². The van der Waals surface area contributed by atoms with Crippen LogP contribution in [0.2, 0.25) is 0 Å². The Hall–Kier alpha value is -6.13. The van der Waals surface area contributed by atoms with E-state index in [1.54, 1.807) is 48.5 Å². The Labute approximate surface area is 273 Å². The van der Waals surface area contributed by atoms with Gasteiger partial charge in [-0.25, -0.2) is 19.3 Å². The third kappa shape index (κ3) is 6.22. The Morgan fingerprint density at radius 3 is 2.68 bits per heavy atom. The largest absolute Gasteiger partial charge is 0.421 e. The molecule has 0 atom stereocenters. The van der Waals surface area contributed by atoms with Gasteiger partial charge in [0.25, 0.3) is 5.91 Å². The van der Waals surface area contributed by atoms with E-state index in [2.05, 4.69) is 38.0 Å². The molecule has 0 aliphatic heterocycles. The minimum absolute atomic E-state index is 0.0279. The summed E-state index contributed by atoms with van der Waals surface area (Å²) < 4.78 is 23.7. The molecule has 4 aromatic heterocycles. The molecule has 0 aliphatic carbocycles. The average Bonchev–Trinajstić information content (AvgIpc) is 3.67. The van der Waals surface area contributed by atoms with Crippen LogP contribution in [0, 0.1) is 31.0 Å². The zero-order valence-corrected chi connectivity index (χ0v) is 26.2. The van der Waals surface area contributed by atoms with Crippen LogP contribution in [0.3, 0.4) is 0 Å². The van der Waals surface area contributed by atoms with Crippen molar-refractivity contribution in [3.8, 4) is 50.5 Å². The number of hydrogen-bond acceptors (Lipinski definition) is 10. The maximum Gasteiger partial charge on any atom is 0.322 e. The fraction of sp³-hybridized carbons (Fsp3) is 0.118. The number of nitrogens with two attached hydrogens (primary N) is 2. The number of fused-ring (bicyclic) bond motifs is 1. The zero-order valence-electron chi connectivity index (χ0n) is 25.4. The van der Waals surface area contributed by atoms with Gasteiger partial charge in [0, 0.05) is 62.5 Å². The van der Waals surface area contributed by atoms with Crippen LogP contribution in [0.4, 0.5) is 10.2 Å². The number of halogens is 1. The second-order valence-corrected chi connectivity index (χ2v) is 11.8. The summed E-state index contributed by atoms with van der Waals surface area (Å²) in [6.45, 7) is 7.59. The molecule has 0 spiro atoms. The number of nitrogens with one attached hydrogen (secondary N) is 1. The molecule has 4 heterocycles. The van der Waals surface area contributed by atoms with Gasteiger partial charge < -0.3 is 21.5 Å². The Balaban J connectivity index is 1.51. The number of aromatic nitrogens is 5. The number of benzene rings is 2. The van der Waals surface area contributed by atoms with E-state index < -0.39 is 11.7 Å². The maximum absolute atomic E-state index is 15.7. The summed E-state index contributed by atoms with van der Waals surface area (Å²) in [4.78, 5) is 25.6. The van der Waals surface area contributed by atoms with Crippen molar-refractivity contribution in [1.29, 1.82) is 5.26 Å². The number of nitrogen functional groups attached to an aromatic ring is 1. The Kier molecular flexibility index (Phi) is 8.34. The summed E-state index contributed by atoms with van der Waals surface area (Å²) in [7, 11) is 0. The van der Waals surface area contributed by atoms with Crippen molar-refractivity contribution >= 4 is 33.1 Å². The molecule has 2 aromatic carbocycles. The molecule has 6 aromatic rings. The van der Waals surface area contributed by atoms with Gasteiger partial charge >= 0.3 is 6.01 Å². The standard InChI is InChI=1S/C34H28FN9O2S/c1-18-12-21(14-41-33(45)20(3)37)4-6-24(18)30-28(22-5-7-27(26(35)13-22)46-34-39-10-8-19(2)43-34)29-31(47-30)25(16-40-32(29)38)23-15-42-44(17-23)11-9-36/h4-8,10,12-13,15-17H,3,11,14,37H2,1-2H3,(H2,38,40)(H,41,45). The molecular weight excluding hydrogens is 618 g/mol. The molecule has 0 fully saturated rings. The number of nitrogens with zero attached hydrogens (tertiary/aromatic N) is 6.